The number of anilines is 1. The van der Waals surface area contributed by atoms with E-state index >= 15 is 0 Å². The van der Waals surface area contributed by atoms with Gasteiger partial charge in [0, 0.05) is 27.9 Å². The van der Waals surface area contributed by atoms with Gasteiger partial charge in [-0.3, -0.25) is 4.40 Å². The van der Waals surface area contributed by atoms with Crippen molar-refractivity contribution in [2.75, 3.05) is 5.32 Å². The van der Waals surface area contributed by atoms with Crippen LogP contribution in [-0.4, -0.2) is 9.38 Å². The van der Waals surface area contributed by atoms with Gasteiger partial charge in [0.1, 0.15) is 0 Å². The highest BCUT2D eigenvalue weighted by Crippen LogP contribution is 2.25. The van der Waals surface area contributed by atoms with Crippen LogP contribution in [0.2, 0.25) is 5.02 Å². The summed E-state index contributed by atoms with van der Waals surface area (Å²) in [6.07, 6.45) is 4.03. The number of thiazole rings is 1. The van der Waals surface area contributed by atoms with E-state index in [1.165, 1.54) is 0 Å². The van der Waals surface area contributed by atoms with Crippen LogP contribution in [-0.2, 0) is 6.54 Å². The molecule has 0 saturated carbocycles. The summed E-state index contributed by atoms with van der Waals surface area (Å²) in [5.41, 5.74) is 2.00. The molecular weight excluding hydrogens is 334 g/mol. The molecule has 0 aliphatic rings. The second-order valence-corrected chi connectivity index (χ2v) is 5.94. The van der Waals surface area contributed by atoms with E-state index in [0.717, 1.165) is 20.8 Å². The first-order valence-electron chi connectivity index (χ1n) is 5.32. The molecular formula is C12H9BrClN3S. The molecule has 0 saturated heterocycles. The number of nitrogens with one attached hydrogen (secondary N) is 1. The molecule has 0 aliphatic heterocycles. The Bertz CT molecular complexity index is 663. The zero-order valence-electron chi connectivity index (χ0n) is 9.23. The van der Waals surface area contributed by atoms with Gasteiger partial charge in [-0.1, -0.05) is 11.6 Å². The van der Waals surface area contributed by atoms with Crippen LogP contribution in [0.25, 0.3) is 4.96 Å². The number of hydrogen-bond donors (Lipinski definition) is 1. The van der Waals surface area contributed by atoms with Crippen LogP contribution in [0.5, 0.6) is 0 Å². The molecule has 0 amide bonds. The Morgan fingerprint density at radius 2 is 2.33 bits per heavy atom. The van der Waals surface area contributed by atoms with Gasteiger partial charge in [-0.2, -0.15) is 0 Å². The number of imidazole rings is 1. The van der Waals surface area contributed by atoms with Gasteiger partial charge >= 0.3 is 0 Å². The molecule has 6 heteroatoms. The van der Waals surface area contributed by atoms with Crippen molar-refractivity contribution in [3.63, 3.8) is 0 Å². The third-order valence-corrected chi connectivity index (χ3v) is 4.54. The lowest BCUT2D eigenvalue weighted by atomic mass is 10.3. The topological polar surface area (TPSA) is 29.3 Å². The third-order valence-electron chi connectivity index (χ3n) is 2.54. The number of fused-ring (bicyclic) bond motifs is 1. The van der Waals surface area contributed by atoms with Crippen molar-refractivity contribution in [1.82, 2.24) is 9.38 Å². The van der Waals surface area contributed by atoms with Gasteiger partial charge in [0.05, 0.1) is 17.3 Å². The number of hydrogen-bond acceptors (Lipinski definition) is 3. The van der Waals surface area contributed by atoms with Gasteiger partial charge in [-0.05, 0) is 34.1 Å². The minimum absolute atomic E-state index is 0.687. The van der Waals surface area contributed by atoms with Gasteiger partial charge in [-0.25, -0.2) is 4.98 Å². The Morgan fingerprint density at radius 3 is 3.11 bits per heavy atom. The molecule has 3 nitrogen and oxygen atoms in total. The Hall–Kier alpha value is -1.04. The normalized spacial score (nSPS) is 11.0. The Kier molecular flexibility index (Phi) is 3.28. The lowest BCUT2D eigenvalue weighted by molar-refractivity contribution is 1.08. The standard InChI is InChI=1S/C12H9BrClN3S/c13-10-2-1-8(5-11(10)14)15-6-9-7-17-3-4-18-12(17)16-9/h1-5,7,15H,6H2. The predicted octanol–water partition coefficient (Wildman–Crippen LogP) is 4.42. The average molecular weight is 343 g/mol. The van der Waals surface area contributed by atoms with Crippen molar-refractivity contribution < 1.29 is 0 Å². The van der Waals surface area contributed by atoms with E-state index in [2.05, 4.69) is 26.2 Å². The molecule has 1 N–H and O–H groups in total. The van der Waals surface area contributed by atoms with Crippen molar-refractivity contribution in [1.29, 1.82) is 0 Å². The third kappa shape index (κ3) is 2.39. The molecule has 2 aromatic heterocycles. The van der Waals surface area contributed by atoms with E-state index in [-0.39, 0.29) is 0 Å². The highest BCUT2D eigenvalue weighted by molar-refractivity contribution is 9.10. The molecule has 3 aromatic rings. The zero-order valence-corrected chi connectivity index (χ0v) is 12.4. The maximum absolute atomic E-state index is 6.04. The molecule has 0 bridgehead atoms. The molecule has 1 aromatic carbocycles. The van der Waals surface area contributed by atoms with Crippen LogP contribution in [0.15, 0.2) is 40.4 Å². The number of aromatic nitrogens is 2. The monoisotopic (exact) mass is 341 g/mol. The fraction of sp³-hybridized carbons (Fsp3) is 0.0833. The van der Waals surface area contributed by atoms with Crippen LogP contribution in [0.1, 0.15) is 5.69 Å². The van der Waals surface area contributed by atoms with Crippen LogP contribution in [0.4, 0.5) is 5.69 Å². The number of benzene rings is 1. The van der Waals surface area contributed by atoms with Crippen molar-refractivity contribution >= 4 is 49.5 Å². The first kappa shape index (κ1) is 12.0. The maximum Gasteiger partial charge on any atom is 0.193 e. The molecule has 0 spiro atoms. The molecule has 92 valence electrons. The summed E-state index contributed by atoms with van der Waals surface area (Å²) in [6.45, 7) is 0.687. The van der Waals surface area contributed by atoms with Crippen LogP contribution >= 0.6 is 38.9 Å². The second kappa shape index (κ2) is 4.91. The van der Waals surface area contributed by atoms with Gasteiger partial charge < -0.3 is 5.32 Å². The Morgan fingerprint density at radius 1 is 1.44 bits per heavy atom. The van der Waals surface area contributed by atoms with Crippen molar-refractivity contribution in [2.45, 2.75) is 6.54 Å². The summed E-state index contributed by atoms with van der Waals surface area (Å²) in [6, 6.07) is 5.80. The summed E-state index contributed by atoms with van der Waals surface area (Å²) in [4.78, 5) is 5.52. The molecule has 0 aliphatic carbocycles. The fourth-order valence-corrected chi connectivity index (χ4v) is 2.81. The minimum atomic E-state index is 0.687. The molecule has 18 heavy (non-hydrogen) atoms. The number of halogens is 2. The van der Waals surface area contributed by atoms with Crippen molar-refractivity contribution in [2.24, 2.45) is 0 Å². The van der Waals surface area contributed by atoms with E-state index in [4.69, 9.17) is 11.6 Å². The van der Waals surface area contributed by atoms with E-state index in [1.54, 1.807) is 11.3 Å². The molecule has 0 fully saturated rings. The minimum Gasteiger partial charge on any atom is -0.379 e. The van der Waals surface area contributed by atoms with E-state index in [9.17, 15) is 0 Å². The van der Waals surface area contributed by atoms with Gasteiger partial charge in [0.15, 0.2) is 4.96 Å². The smallest absolute Gasteiger partial charge is 0.193 e. The summed E-state index contributed by atoms with van der Waals surface area (Å²) in [5.74, 6) is 0. The quantitative estimate of drug-likeness (QED) is 0.763. The number of rotatable bonds is 3. The second-order valence-electron chi connectivity index (χ2n) is 3.81. The van der Waals surface area contributed by atoms with Gasteiger partial charge in [0.2, 0.25) is 0 Å². The summed E-state index contributed by atoms with van der Waals surface area (Å²) in [5, 5.41) is 6.02. The summed E-state index contributed by atoms with van der Waals surface area (Å²) < 4.78 is 2.92. The summed E-state index contributed by atoms with van der Waals surface area (Å²) >= 11 is 11.0. The zero-order chi connectivity index (χ0) is 12.5. The highest BCUT2D eigenvalue weighted by Gasteiger charge is 2.03. The van der Waals surface area contributed by atoms with Crippen molar-refractivity contribution in [3.8, 4) is 0 Å². The largest absolute Gasteiger partial charge is 0.379 e. The lowest BCUT2D eigenvalue weighted by Gasteiger charge is -2.05. The van der Waals surface area contributed by atoms with E-state index in [0.29, 0.717) is 11.6 Å². The highest BCUT2D eigenvalue weighted by atomic mass is 79.9. The van der Waals surface area contributed by atoms with Gasteiger partial charge in [-0.15, -0.1) is 11.3 Å². The molecule has 2 heterocycles. The SMILES string of the molecule is Clc1cc(NCc2cn3ccsc3n2)ccc1Br. The Balaban J connectivity index is 1.73. The predicted molar refractivity (Wildman–Crippen MR) is 79.5 cm³/mol. The Labute approximate surface area is 122 Å². The first-order valence-corrected chi connectivity index (χ1v) is 7.37. The number of nitrogens with zero attached hydrogens (tertiary/aromatic N) is 2. The average Bonchev–Trinajstić information content (AvgIpc) is 2.91. The molecule has 0 radical (unpaired) electrons. The summed E-state index contributed by atoms with van der Waals surface area (Å²) in [7, 11) is 0. The van der Waals surface area contributed by atoms with Crippen molar-refractivity contribution in [3.05, 3.63) is 51.2 Å². The van der Waals surface area contributed by atoms with Crippen LogP contribution in [0, 0.1) is 0 Å². The lowest BCUT2D eigenvalue weighted by Crippen LogP contribution is -1.99. The van der Waals surface area contributed by atoms with Gasteiger partial charge in [0.25, 0.3) is 0 Å². The van der Waals surface area contributed by atoms with E-state index in [1.807, 2.05) is 40.4 Å². The van der Waals surface area contributed by atoms with Crippen LogP contribution < -0.4 is 5.32 Å². The maximum atomic E-state index is 6.04. The molecule has 3 rings (SSSR count). The van der Waals surface area contributed by atoms with E-state index < -0.39 is 0 Å². The molecule has 0 atom stereocenters. The molecule has 0 unspecified atom stereocenters. The van der Waals surface area contributed by atoms with Crippen LogP contribution in [0.3, 0.4) is 0 Å². The fourth-order valence-electron chi connectivity index (χ4n) is 1.66. The first-order chi connectivity index (χ1) is 8.72.